The number of benzene rings is 1. The Hall–Kier alpha value is -1.59. The number of para-hydroxylation sites is 1. The van der Waals surface area contributed by atoms with Gasteiger partial charge in [-0.15, -0.1) is 0 Å². The highest BCUT2D eigenvalue weighted by atomic mass is 16.5. The highest BCUT2D eigenvalue weighted by Gasteiger charge is 2.20. The molecule has 1 fully saturated rings. The number of carbonyl (C=O) groups is 1. The number of carbonyl (C=O) groups excluding carboxylic acids is 1. The Bertz CT molecular complexity index is 470. The molecule has 0 bridgehead atoms. The molecule has 0 saturated carbocycles. The standard InChI is InChI=1S/C16H25N3O2/c1-3-14(17)13-6-4-5-7-15(13)21-12-16(20)19-10-8-18(2)9-11-19/h4-7,14H,3,8-12,17H2,1-2H3/t14-/m0/s1. The van der Waals surface area contributed by atoms with Crippen molar-refractivity contribution in [1.82, 2.24) is 9.80 Å². The number of amides is 1. The first-order valence-electron chi connectivity index (χ1n) is 7.55. The summed E-state index contributed by atoms with van der Waals surface area (Å²) in [5.74, 6) is 0.761. The molecule has 0 aliphatic carbocycles. The van der Waals surface area contributed by atoms with E-state index in [1.165, 1.54) is 0 Å². The second kappa shape index (κ2) is 7.43. The summed E-state index contributed by atoms with van der Waals surface area (Å²) in [6.45, 7) is 5.50. The van der Waals surface area contributed by atoms with Crippen LogP contribution in [0.3, 0.4) is 0 Å². The van der Waals surface area contributed by atoms with E-state index < -0.39 is 0 Å². The lowest BCUT2D eigenvalue weighted by atomic mass is 10.0. The number of rotatable bonds is 5. The molecule has 5 heteroatoms. The summed E-state index contributed by atoms with van der Waals surface area (Å²) in [7, 11) is 2.07. The number of piperazine rings is 1. The molecule has 1 aliphatic heterocycles. The molecule has 0 unspecified atom stereocenters. The Labute approximate surface area is 126 Å². The van der Waals surface area contributed by atoms with E-state index in [4.69, 9.17) is 10.5 Å². The maximum Gasteiger partial charge on any atom is 0.260 e. The van der Waals surface area contributed by atoms with Crippen LogP contribution in [0.1, 0.15) is 24.9 Å². The first-order chi connectivity index (χ1) is 10.1. The van der Waals surface area contributed by atoms with E-state index in [-0.39, 0.29) is 18.6 Å². The largest absolute Gasteiger partial charge is 0.483 e. The monoisotopic (exact) mass is 291 g/mol. The average molecular weight is 291 g/mol. The third kappa shape index (κ3) is 4.19. The van der Waals surface area contributed by atoms with Crippen molar-refractivity contribution in [3.63, 3.8) is 0 Å². The van der Waals surface area contributed by atoms with Crippen LogP contribution in [0.25, 0.3) is 0 Å². The zero-order chi connectivity index (χ0) is 15.2. The normalized spacial score (nSPS) is 17.6. The van der Waals surface area contributed by atoms with E-state index in [1.54, 1.807) is 0 Å². The van der Waals surface area contributed by atoms with E-state index in [9.17, 15) is 4.79 Å². The minimum Gasteiger partial charge on any atom is -0.483 e. The van der Waals surface area contributed by atoms with Crippen LogP contribution in [-0.4, -0.2) is 55.5 Å². The van der Waals surface area contributed by atoms with Gasteiger partial charge < -0.3 is 20.3 Å². The van der Waals surface area contributed by atoms with Crippen molar-refractivity contribution < 1.29 is 9.53 Å². The first kappa shape index (κ1) is 15.8. The van der Waals surface area contributed by atoms with Gasteiger partial charge in [-0.25, -0.2) is 0 Å². The van der Waals surface area contributed by atoms with Gasteiger partial charge in [-0.05, 0) is 19.5 Å². The number of nitrogens with zero attached hydrogens (tertiary/aromatic N) is 2. The fraction of sp³-hybridized carbons (Fsp3) is 0.562. The van der Waals surface area contributed by atoms with Gasteiger partial charge in [0.2, 0.25) is 0 Å². The summed E-state index contributed by atoms with van der Waals surface area (Å²) in [5, 5.41) is 0. The fourth-order valence-electron chi connectivity index (χ4n) is 2.42. The molecule has 1 aromatic rings. The highest BCUT2D eigenvalue weighted by Crippen LogP contribution is 2.25. The van der Waals surface area contributed by atoms with Crippen LogP contribution < -0.4 is 10.5 Å². The number of hydrogen-bond acceptors (Lipinski definition) is 4. The maximum absolute atomic E-state index is 12.2. The summed E-state index contributed by atoms with van der Waals surface area (Å²) < 4.78 is 5.72. The molecular formula is C16H25N3O2. The van der Waals surface area contributed by atoms with E-state index in [0.29, 0.717) is 5.75 Å². The summed E-state index contributed by atoms with van der Waals surface area (Å²) in [6.07, 6.45) is 0.840. The van der Waals surface area contributed by atoms with Crippen LogP contribution in [0.2, 0.25) is 0 Å². The molecule has 1 heterocycles. The SMILES string of the molecule is CC[C@H](N)c1ccccc1OCC(=O)N1CCN(C)CC1. The summed E-state index contributed by atoms with van der Waals surface area (Å²) >= 11 is 0. The number of hydrogen-bond donors (Lipinski definition) is 1. The minimum atomic E-state index is -0.0556. The van der Waals surface area contributed by atoms with Crippen molar-refractivity contribution in [2.75, 3.05) is 39.8 Å². The van der Waals surface area contributed by atoms with Crippen molar-refractivity contribution in [3.05, 3.63) is 29.8 Å². The number of ether oxygens (including phenoxy) is 1. The lowest BCUT2D eigenvalue weighted by molar-refractivity contribution is -0.134. The van der Waals surface area contributed by atoms with Gasteiger partial charge in [0.25, 0.3) is 5.91 Å². The lowest BCUT2D eigenvalue weighted by Crippen LogP contribution is -2.48. The third-order valence-corrected chi connectivity index (χ3v) is 3.97. The van der Waals surface area contributed by atoms with Gasteiger partial charge in [0.15, 0.2) is 6.61 Å². The molecule has 1 saturated heterocycles. The predicted octanol–water partition coefficient (Wildman–Crippen LogP) is 1.25. The van der Waals surface area contributed by atoms with Gasteiger partial charge in [0.1, 0.15) is 5.75 Å². The summed E-state index contributed by atoms with van der Waals surface area (Å²) in [4.78, 5) is 16.3. The van der Waals surface area contributed by atoms with Gasteiger partial charge in [-0.1, -0.05) is 25.1 Å². The fourth-order valence-corrected chi connectivity index (χ4v) is 2.42. The molecule has 1 aliphatic rings. The van der Waals surface area contributed by atoms with Crippen molar-refractivity contribution in [1.29, 1.82) is 0 Å². The Kier molecular flexibility index (Phi) is 5.59. The molecule has 1 aromatic carbocycles. The van der Waals surface area contributed by atoms with Crippen molar-refractivity contribution in [3.8, 4) is 5.75 Å². The van der Waals surface area contributed by atoms with Gasteiger partial charge in [0.05, 0.1) is 0 Å². The van der Waals surface area contributed by atoms with E-state index in [1.807, 2.05) is 36.1 Å². The third-order valence-electron chi connectivity index (χ3n) is 3.97. The van der Waals surface area contributed by atoms with Crippen LogP contribution in [0.5, 0.6) is 5.75 Å². The van der Waals surface area contributed by atoms with Gasteiger partial charge in [0, 0.05) is 37.8 Å². The van der Waals surface area contributed by atoms with E-state index in [2.05, 4.69) is 11.9 Å². The molecule has 1 amide bonds. The predicted molar refractivity (Wildman–Crippen MR) is 83.2 cm³/mol. The zero-order valence-electron chi connectivity index (χ0n) is 12.9. The van der Waals surface area contributed by atoms with Crippen LogP contribution in [-0.2, 0) is 4.79 Å². The van der Waals surface area contributed by atoms with Crippen LogP contribution >= 0.6 is 0 Å². The highest BCUT2D eigenvalue weighted by molar-refractivity contribution is 5.78. The minimum absolute atomic E-state index is 0.0444. The molecular weight excluding hydrogens is 266 g/mol. The zero-order valence-corrected chi connectivity index (χ0v) is 12.9. The number of likely N-dealkylation sites (N-methyl/N-ethyl adjacent to an activating group) is 1. The van der Waals surface area contributed by atoms with E-state index in [0.717, 1.165) is 38.2 Å². The van der Waals surface area contributed by atoms with Crippen LogP contribution in [0.4, 0.5) is 0 Å². The second-order valence-electron chi connectivity index (χ2n) is 5.53. The molecule has 2 N–H and O–H groups in total. The van der Waals surface area contributed by atoms with Gasteiger partial charge in [-0.2, -0.15) is 0 Å². The Morgan fingerprint density at radius 1 is 1.29 bits per heavy atom. The second-order valence-corrected chi connectivity index (χ2v) is 5.53. The van der Waals surface area contributed by atoms with Crippen molar-refractivity contribution in [2.45, 2.75) is 19.4 Å². The van der Waals surface area contributed by atoms with E-state index >= 15 is 0 Å². The average Bonchev–Trinajstić information content (AvgIpc) is 2.52. The number of nitrogens with two attached hydrogens (primary N) is 1. The Morgan fingerprint density at radius 3 is 2.62 bits per heavy atom. The van der Waals surface area contributed by atoms with Gasteiger partial charge >= 0.3 is 0 Å². The smallest absolute Gasteiger partial charge is 0.260 e. The van der Waals surface area contributed by atoms with Crippen LogP contribution in [0, 0.1) is 0 Å². The molecule has 0 aromatic heterocycles. The summed E-state index contributed by atoms with van der Waals surface area (Å²) in [5.41, 5.74) is 7.04. The Morgan fingerprint density at radius 2 is 1.95 bits per heavy atom. The molecule has 1 atom stereocenters. The topological polar surface area (TPSA) is 58.8 Å². The molecule has 21 heavy (non-hydrogen) atoms. The molecule has 116 valence electrons. The molecule has 0 spiro atoms. The first-order valence-corrected chi connectivity index (χ1v) is 7.55. The molecule has 5 nitrogen and oxygen atoms in total. The maximum atomic E-state index is 12.2. The van der Waals surface area contributed by atoms with Crippen molar-refractivity contribution in [2.24, 2.45) is 5.73 Å². The van der Waals surface area contributed by atoms with Crippen molar-refractivity contribution >= 4 is 5.91 Å². The van der Waals surface area contributed by atoms with Gasteiger partial charge in [-0.3, -0.25) is 4.79 Å². The Balaban J connectivity index is 1.92. The lowest BCUT2D eigenvalue weighted by Gasteiger charge is -2.32. The molecule has 0 radical (unpaired) electrons. The van der Waals surface area contributed by atoms with Crippen LogP contribution in [0.15, 0.2) is 24.3 Å². The quantitative estimate of drug-likeness (QED) is 0.887. The molecule has 2 rings (SSSR count). The summed E-state index contributed by atoms with van der Waals surface area (Å²) in [6, 6.07) is 7.63.